The Bertz CT molecular complexity index is 578. The van der Waals surface area contributed by atoms with Crippen LogP contribution in [0.3, 0.4) is 0 Å². The molecule has 0 aliphatic rings. The lowest BCUT2D eigenvalue weighted by molar-refractivity contribution is -0.137. The molecule has 1 heterocycles. The van der Waals surface area contributed by atoms with Gasteiger partial charge < -0.3 is 9.67 Å². The third-order valence-electron chi connectivity index (χ3n) is 2.88. The molecule has 96 valence electrons. The van der Waals surface area contributed by atoms with E-state index in [1.165, 1.54) is 0 Å². The Labute approximate surface area is 111 Å². The van der Waals surface area contributed by atoms with Crippen LogP contribution >= 0.6 is 12.6 Å². The summed E-state index contributed by atoms with van der Waals surface area (Å²) in [5, 5.41) is 9.00. The molecule has 0 unspecified atom stereocenters. The third-order valence-corrected chi connectivity index (χ3v) is 3.24. The number of benzene rings is 1. The number of hydrogen-bond donors (Lipinski definition) is 2. The van der Waals surface area contributed by atoms with Gasteiger partial charge in [0.25, 0.3) is 0 Å². The topological polar surface area (TPSA) is 55.1 Å². The second kappa shape index (κ2) is 5.44. The Morgan fingerprint density at radius 3 is 2.94 bits per heavy atom. The van der Waals surface area contributed by atoms with Crippen molar-refractivity contribution in [2.24, 2.45) is 0 Å². The summed E-state index contributed by atoms with van der Waals surface area (Å²) in [6, 6.07) is 5.63. The lowest BCUT2D eigenvalue weighted by Crippen LogP contribution is -2.11. The maximum atomic E-state index is 11.0. The van der Waals surface area contributed by atoms with Gasteiger partial charge in [-0.2, -0.15) is 0 Å². The molecule has 0 aliphatic carbocycles. The third kappa shape index (κ3) is 2.51. The van der Waals surface area contributed by atoms with Crippen molar-refractivity contribution in [1.82, 2.24) is 9.55 Å². The molecule has 1 N–H and O–H groups in total. The normalized spacial score (nSPS) is 11.0. The maximum absolute atomic E-state index is 11.0. The van der Waals surface area contributed by atoms with E-state index in [0.29, 0.717) is 0 Å². The van der Waals surface area contributed by atoms with Crippen molar-refractivity contribution < 1.29 is 9.90 Å². The van der Waals surface area contributed by atoms with Gasteiger partial charge in [0.2, 0.25) is 0 Å². The summed E-state index contributed by atoms with van der Waals surface area (Å²) >= 11 is 4.37. The number of hydrogen-bond acceptors (Lipinski definition) is 3. The fourth-order valence-corrected chi connectivity index (χ4v) is 2.27. The highest BCUT2D eigenvalue weighted by Gasteiger charge is 2.14. The van der Waals surface area contributed by atoms with Crippen LogP contribution in [0.1, 0.15) is 25.6 Å². The molecule has 0 atom stereocenters. The van der Waals surface area contributed by atoms with E-state index in [0.717, 1.165) is 41.0 Å². The van der Waals surface area contributed by atoms with Crippen molar-refractivity contribution in [2.75, 3.05) is 0 Å². The molecule has 2 rings (SSSR count). The van der Waals surface area contributed by atoms with Gasteiger partial charge in [-0.1, -0.05) is 19.4 Å². The SMILES string of the molecule is CCCCc1nc2c(S)cccc2n1CC(=O)O. The molecular formula is C13H16N2O2S. The highest BCUT2D eigenvalue weighted by atomic mass is 32.1. The first-order chi connectivity index (χ1) is 8.63. The zero-order valence-corrected chi connectivity index (χ0v) is 11.2. The Hall–Kier alpha value is -1.49. The van der Waals surface area contributed by atoms with Crippen molar-refractivity contribution in [1.29, 1.82) is 0 Å². The number of fused-ring (bicyclic) bond motifs is 1. The molecule has 0 amide bonds. The van der Waals surface area contributed by atoms with Crippen molar-refractivity contribution in [3.05, 3.63) is 24.0 Å². The summed E-state index contributed by atoms with van der Waals surface area (Å²) in [7, 11) is 0. The minimum Gasteiger partial charge on any atom is -0.480 e. The van der Waals surface area contributed by atoms with Gasteiger partial charge in [-0.15, -0.1) is 12.6 Å². The van der Waals surface area contributed by atoms with Gasteiger partial charge in [-0.25, -0.2) is 4.98 Å². The standard InChI is InChI=1S/C13H16N2O2S/c1-2-3-7-11-14-13-9(5-4-6-10(13)18)15(11)8-12(16)17/h4-6,18H,2-3,7-8H2,1H3,(H,16,17). The average molecular weight is 264 g/mol. The van der Waals surface area contributed by atoms with E-state index in [1.54, 1.807) is 4.57 Å². The second-order valence-corrected chi connectivity index (χ2v) is 4.74. The second-order valence-electron chi connectivity index (χ2n) is 4.26. The number of carboxylic acid groups (broad SMARTS) is 1. The number of aromatic nitrogens is 2. The molecule has 0 saturated carbocycles. The van der Waals surface area contributed by atoms with Gasteiger partial charge in [0.1, 0.15) is 17.9 Å². The number of aryl methyl sites for hydroxylation is 1. The van der Waals surface area contributed by atoms with Gasteiger partial charge in [0.15, 0.2) is 0 Å². The molecule has 0 radical (unpaired) electrons. The van der Waals surface area contributed by atoms with Crippen LogP contribution in [0.25, 0.3) is 11.0 Å². The molecule has 0 spiro atoms. The van der Waals surface area contributed by atoms with Crippen molar-refractivity contribution in [2.45, 2.75) is 37.6 Å². The molecule has 2 aromatic rings. The Morgan fingerprint density at radius 2 is 2.28 bits per heavy atom. The van der Waals surface area contributed by atoms with Gasteiger partial charge in [0.05, 0.1) is 5.52 Å². The van der Waals surface area contributed by atoms with E-state index >= 15 is 0 Å². The summed E-state index contributed by atoms with van der Waals surface area (Å²) in [6.07, 6.45) is 2.86. The number of carboxylic acids is 1. The maximum Gasteiger partial charge on any atom is 0.323 e. The van der Waals surface area contributed by atoms with Crippen LogP contribution in [0.2, 0.25) is 0 Å². The minimum absolute atomic E-state index is 0.0488. The molecule has 0 saturated heterocycles. The number of nitrogens with zero attached hydrogens (tertiary/aromatic N) is 2. The molecule has 5 heteroatoms. The Kier molecular flexibility index (Phi) is 3.91. The first-order valence-electron chi connectivity index (χ1n) is 6.02. The zero-order valence-electron chi connectivity index (χ0n) is 10.3. The first-order valence-corrected chi connectivity index (χ1v) is 6.47. The Balaban J connectivity index is 2.53. The van der Waals surface area contributed by atoms with Crippen molar-refractivity contribution in [3.63, 3.8) is 0 Å². The lowest BCUT2D eigenvalue weighted by Gasteiger charge is -2.05. The number of aliphatic carboxylic acids is 1. The van der Waals surface area contributed by atoms with Crippen LogP contribution in [-0.2, 0) is 17.8 Å². The van der Waals surface area contributed by atoms with Crippen molar-refractivity contribution in [3.8, 4) is 0 Å². The highest BCUT2D eigenvalue weighted by Crippen LogP contribution is 2.23. The monoisotopic (exact) mass is 264 g/mol. The van der Waals surface area contributed by atoms with Gasteiger partial charge in [-0.05, 0) is 18.6 Å². The summed E-state index contributed by atoms with van der Waals surface area (Å²) < 4.78 is 1.77. The minimum atomic E-state index is -0.850. The van der Waals surface area contributed by atoms with E-state index in [4.69, 9.17) is 5.11 Å². The molecule has 4 nitrogen and oxygen atoms in total. The molecule has 18 heavy (non-hydrogen) atoms. The molecule has 0 fully saturated rings. The fourth-order valence-electron chi connectivity index (χ4n) is 2.02. The molecule has 0 bridgehead atoms. The zero-order chi connectivity index (χ0) is 13.1. The van der Waals surface area contributed by atoms with E-state index in [9.17, 15) is 4.79 Å². The first kappa shape index (κ1) is 13.0. The smallest absolute Gasteiger partial charge is 0.323 e. The lowest BCUT2D eigenvalue weighted by atomic mass is 10.2. The largest absolute Gasteiger partial charge is 0.480 e. The van der Waals surface area contributed by atoms with Crippen LogP contribution in [0.15, 0.2) is 23.1 Å². The highest BCUT2D eigenvalue weighted by molar-refractivity contribution is 7.80. The summed E-state index contributed by atoms with van der Waals surface area (Å²) in [5.74, 6) is -0.0210. The van der Waals surface area contributed by atoms with Gasteiger partial charge in [0, 0.05) is 11.3 Å². The number of imidazole rings is 1. The number of para-hydroxylation sites is 1. The van der Waals surface area contributed by atoms with E-state index in [1.807, 2.05) is 18.2 Å². The molecule has 1 aromatic heterocycles. The van der Waals surface area contributed by atoms with E-state index in [-0.39, 0.29) is 6.54 Å². The van der Waals surface area contributed by atoms with Crippen LogP contribution in [0.5, 0.6) is 0 Å². The number of unbranched alkanes of at least 4 members (excludes halogenated alkanes) is 1. The molecular weight excluding hydrogens is 248 g/mol. The van der Waals surface area contributed by atoms with Crippen LogP contribution < -0.4 is 0 Å². The summed E-state index contributed by atoms with van der Waals surface area (Å²) in [4.78, 5) is 16.3. The van der Waals surface area contributed by atoms with Crippen LogP contribution in [0, 0.1) is 0 Å². The predicted molar refractivity (Wildman–Crippen MR) is 73.2 cm³/mol. The number of rotatable bonds is 5. The molecule has 0 aliphatic heterocycles. The number of thiol groups is 1. The fraction of sp³-hybridized carbons (Fsp3) is 0.385. The van der Waals surface area contributed by atoms with Crippen LogP contribution in [-0.4, -0.2) is 20.6 Å². The Morgan fingerprint density at radius 1 is 1.50 bits per heavy atom. The van der Waals surface area contributed by atoms with E-state index < -0.39 is 5.97 Å². The predicted octanol–water partition coefficient (Wildman–Crippen LogP) is 2.75. The number of carbonyl (C=O) groups is 1. The van der Waals surface area contributed by atoms with Crippen molar-refractivity contribution >= 4 is 29.6 Å². The summed E-state index contributed by atoms with van der Waals surface area (Å²) in [6.45, 7) is 2.06. The van der Waals surface area contributed by atoms with Crippen LogP contribution in [0.4, 0.5) is 0 Å². The van der Waals surface area contributed by atoms with Gasteiger partial charge >= 0.3 is 5.97 Å². The summed E-state index contributed by atoms with van der Waals surface area (Å²) in [5.41, 5.74) is 1.63. The molecule has 1 aromatic carbocycles. The average Bonchev–Trinajstić information content (AvgIpc) is 2.66. The van der Waals surface area contributed by atoms with E-state index in [2.05, 4.69) is 24.5 Å². The van der Waals surface area contributed by atoms with Gasteiger partial charge in [-0.3, -0.25) is 4.79 Å². The quantitative estimate of drug-likeness (QED) is 0.816.